The van der Waals surface area contributed by atoms with E-state index in [1.165, 1.54) is 29.9 Å². The smallest absolute Gasteiger partial charge is 0.120 e. The molecule has 1 aromatic carbocycles. The van der Waals surface area contributed by atoms with Crippen molar-refractivity contribution in [2.75, 3.05) is 11.5 Å². The Morgan fingerprint density at radius 2 is 2.05 bits per heavy atom. The van der Waals surface area contributed by atoms with Gasteiger partial charge in [-0.05, 0) is 68.2 Å². The van der Waals surface area contributed by atoms with Crippen LogP contribution in [-0.2, 0) is 0 Å². The summed E-state index contributed by atoms with van der Waals surface area (Å²) in [6, 6.07) is 8.42. The third-order valence-electron chi connectivity index (χ3n) is 3.59. The lowest BCUT2D eigenvalue weighted by molar-refractivity contribution is 0.242. The quantitative estimate of drug-likeness (QED) is 0.884. The Balaban J connectivity index is 1.95. The van der Waals surface area contributed by atoms with E-state index in [0.717, 1.165) is 18.1 Å². The fourth-order valence-corrected chi connectivity index (χ4v) is 3.77. The molecule has 1 unspecified atom stereocenters. The molecule has 2 N–H and O–H groups in total. The average molecular weight is 279 g/mol. The van der Waals surface area contributed by atoms with Crippen LogP contribution in [-0.4, -0.2) is 17.6 Å². The Bertz CT molecular complexity index is 388. The van der Waals surface area contributed by atoms with Gasteiger partial charge in [0.05, 0.1) is 6.10 Å². The van der Waals surface area contributed by atoms with Crippen LogP contribution in [0.1, 0.15) is 44.7 Å². The zero-order valence-corrected chi connectivity index (χ0v) is 12.8. The summed E-state index contributed by atoms with van der Waals surface area (Å²) in [5, 5.41) is 0. The van der Waals surface area contributed by atoms with Gasteiger partial charge in [-0.25, -0.2) is 0 Å². The molecule has 106 valence electrons. The van der Waals surface area contributed by atoms with Crippen molar-refractivity contribution in [2.24, 2.45) is 11.7 Å². The van der Waals surface area contributed by atoms with Gasteiger partial charge in [0.25, 0.3) is 0 Å². The van der Waals surface area contributed by atoms with Crippen LogP contribution in [0.15, 0.2) is 24.3 Å². The van der Waals surface area contributed by atoms with Gasteiger partial charge in [-0.2, -0.15) is 11.8 Å². The molecule has 0 saturated carbocycles. The second kappa shape index (κ2) is 7.20. The summed E-state index contributed by atoms with van der Waals surface area (Å²) >= 11 is 2.07. The number of hydrogen-bond donors (Lipinski definition) is 1. The van der Waals surface area contributed by atoms with Crippen molar-refractivity contribution in [1.82, 2.24) is 0 Å². The van der Waals surface area contributed by atoms with Crippen LogP contribution in [0, 0.1) is 5.92 Å². The van der Waals surface area contributed by atoms with Crippen molar-refractivity contribution < 1.29 is 4.74 Å². The predicted molar refractivity (Wildman–Crippen MR) is 83.8 cm³/mol. The average Bonchev–Trinajstić information content (AvgIpc) is 2.39. The first-order valence-electron chi connectivity index (χ1n) is 7.25. The van der Waals surface area contributed by atoms with Crippen molar-refractivity contribution in [2.45, 2.75) is 45.3 Å². The fourth-order valence-electron chi connectivity index (χ4n) is 2.57. The maximum Gasteiger partial charge on any atom is 0.120 e. The summed E-state index contributed by atoms with van der Waals surface area (Å²) in [6.07, 6.45) is 3.95. The Morgan fingerprint density at radius 1 is 1.32 bits per heavy atom. The van der Waals surface area contributed by atoms with Crippen LogP contribution >= 0.6 is 11.8 Å². The molecule has 1 atom stereocenters. The van der Waals surface area contributed by atoms with E-state index in [1.54, 1.807) is 0 Å². The molecule has 2 nitrogen and oxygen atoms in total. The van der Waals surface area contributed by atoms with Gasteiger partial charge in [0, 0.05) is 6.04 Å². The topological polar surface area (TPSA) is 35.2 Å². The third-order valence-corrected chi connectivity index (χ3v) is 4.63. The molecular weight excluding hydrogens is 254 g/mol. The van der Waals surface area contributed by atoms with Gasteiger partial charge in [0.15, 0.2) is 0 Å². The van der Waals surface area contributed by atoms with E-state index in [4.69, 9.17) is 10.5 Å². The Kier molecular flexibility index (Phi) is 5.59. The first-order chi connectivity index (χ1) is 9.15. The molecule has 0 aliphatic carbocycles. The zero-order valence-electron chi connectivity index (χ0n) is 12.0. The molecule has 1 saturated heterocycles. The molecule has 3 heteroatoms. The molecule has 1 aliphatic rings. The molecule has 19 heavy (non-hydrogen) atoms. The Hall–Kier alpha value is -0.670. The van der Waals surface area contributed by atoms with E-state index >= 15 is 0 Å². The molecule has 1 fully saturated rings. The van der Waals surface area contributed by atoms with Crippen LogP contribution in [0.2, 0.25) is 0 Å². The van der Waals surface area contributed by atoms with Crippen molar-refractivity contribution in [3.05, 3.63) is 29.8 Å². The second-order valence-electron chi connectivity index (χ2n) is 5.64. The lowest BCUT2D eigenvalue weighted by Crippen LogP contribution is -2.19. The molecule has 0 amide bonds. The first-order valence-corrected chi connectivity index (χ1v) is 8.40. The summed E-state index contributed by atoms with van der Waals surface area (Å²) in [7, 11) is 0. The molecule has 1 aliphatic heterocycles. The minimum Gasteiger partial charge on any atom is -0.491 e. The van der Waals surface area contributed by atoms with E-state index in [-0.39, 0.29) is 12.1 Å². The SMILES string of the molecule is CC(C)Oc1cccc(C(N)CC2CCSCC2)c1. The van der Waals surface area contributed by atoms with E-state index < -0.39 is 0 Å². The summed E-state index contributed by atoms with van der Waals surface area (Å²) in [6.45, 7) is 4.10. The number of ether oxygens (including phenoxy) is 1. The summed E-state index contributed by atoms with van der Waals surface area (Å²) in [4.78, 5) is 0. The van der Waals surface area contributed by atoms with Crippen LogP contribution in [0.5, 0.6) is 5.75 Å². The maximum atomic E-state index is 6.36. The van der Waals surface area contributed by atoms with Gasteiger partial charge in [-0.15, -0.1) is 0 Å². The van der Waals surface area contributed by atoms with Crippen LogP contribution < -0.4 is 10.5 Å². The van der Waals surface area contributed by atoms with Gasteiger partial charge in [0.2, 0.25) is 0 Å². The van der Waals surface area contributed by atoms with Gasteiger partial charge in [-0.1, -0.05) is 12.1 Å². The van der Waals surface area contributed by atoms with Gasteiger partial charge in [-0.3, -0.25) is 0 Å². The van der Waals surface area contributed by atoms with Crippen molar-refractivity contribution in [1.29, 1.82) is 0 Å². The monoisotopic (exact) mass is 279 g/mol. The molecule has 1 heterocycles. The highest BCUT2D eigenvalue weighted by molar-refractivity contribution is 7.99. The van der Waals surface area contributed by atoms with Crippen molar-refractivity contribution in [3.63, 3.8) is 0 Å². The Morgan fingerprint density at radius 3 is 2.74 bits per heavy atom. The molecule has 0 radical (unpaired) electrons. The van der Waals surface area contributed by atoms with Crippen LogP contribution in [0.3, 0.4) is 0 Å². The highest BCUT2D eigenvalue weighted by atomic mass is 32.2. The van der Waals surface area contributed by atoms with Crippen molar-refractivity contribution >= 4 is 11.8 Å². The van der Waals surface area contributed by atoms with Gasteiger partial charge in [0.1, 0.15) is 5.75 Å². The number of thioether (sulfide) groups is 1. The highest BCUT2D eigenvalue weighted by Crippen LogP contribution is 2.30. The highest BCUT2D eigenvalue weighted by Gasteiger charge is 2.18. The summed E-state index contributed by atoms with van der Waals surface area (Å²) < 4.78 is 5.74. The van der Waals surface area contributed by atoms with Crippen LogP contribution in [0.4, 0.5) is 0 Å². The van der Waals surface area contributed by atoms with Gasteiger partial charge < -0.3 is 10.5 Å². The minimum absolute atomic E-state index is 0.142. The molecule has 2 rings (SSSR count). The number of nitrogens with two attached hydrogens (primary N) is 1. The van der Waals surface area contributed by atoms with E-state index in [0.29, 0.717) is 0 Å². The molecular formula is C16H25NOS. The van der Waals surface area contributed by atoms with Gasteiger partial charge >= 0.3 is 0 Å². The molecule has 0 aromatic heterocycles. The van der Waals surface area contributed by atoms with E-state index in [1.807, 2.05) is 26.0 Å². The fraction of sp³-hybridized carbons (Fsp3) is 0.625. The normalized spacial score (nSPS) is 18.5. The largest absolute Gasteiger partial charge is 0.491 e. The number of benzene rings is 1. The number of hydrogen-bond acceptors (Lipinski definition) is 3. The summed E-state index contributed by atoms with van der Waals surface area (Å²) in [5.41, 5.74) is 7.57. The lowest BCUT2D eigenvalue weighted by atomic mass is 9.91. The maximum absolute atomic E-state index is 6.36. The standard InChI is InChI=1S/C16H25NOS/c1-12(2)18-15-5-3-4-14(11-15)16(17)10-13-6-8-19-9-7-13/h3-5,11-13,16H,6-10,17H2,1-2H3. The minimum atomic E-state index is 0.142. The lowest BCUT2D eigenvalue weighted by Gasteiger charge is -2.24. The first kappa shape index (κ1) is 14.7. The number of rotatable bonds is 5. The van der Waals surface area contributed by atoms with Crippen molar-refractivity contribution in [3.8, 4) is 5.75 Å². The predicted octanol–water partition coefficient (Wildman–Crippen LogP) is 4.01. The van der Waals surface area contributed by atoms with Crippen LogP contribution in [0.25, 0.3) is 0 Å². The molecule has 0 spiro atoms. The summed E-state index contributed by atoms with van der Waals surface area (Å²) in [5.74, 6) is 4.33. The van der Waals surface area contributed by atoms with E-state index in [9.17, 15) is 0 Å². The molecule has 0 bridgehead atoms. The zero-order chi connectivity index (χ0) is 13.7. The second-order valence-corrected chi connectivity index (χ2v) is 6.86. The third kappa shape index (κ3) is 4.73. The molecule has 1 aromatic rings. The Labute approximate surface area is 121 Å². The van der Waals surface area contributed by atoms with E-state index in [2.05, 4.69) is 23.9 Å².